The number of nitrogens with one attached hydrogen (secondary N) is 1. The van der Waals surface area contributed by atoms with Crippen LogP contribution in [0.5, 0.6) is 5.75 Å². The highest BCUT2D eigenvalue weighted by molar-refractivity contribution is 6.31. The molecule has 138 valence electrons. The molecule has 0 saturated carbocycles. The average molecular weight is 370 g/mol. The molecular formula is C18H24ClNO5. The van der Waals surface area contributed by atoms with E-state index in [0.29, 0.717) is 56.3 Å². The van der Waals surface area contributed by atoms with Gasteiger partial charge < -0.3 is 19.9 Å². The van der Waals surface area contributed by atoms with Gasteiger partial charge in [0.2, 0.25) is 5.91 Å². The van der Waals surface area contributed by atoms with Crippen LogP contribution in [0.15, 0.2) is 18.2 Å². The Labute approximate surface area is 152 Å². The summed E-state index contributed by atoms with van der Waals surface area (Å²) in [6, 6.07) is 5.42. The summed E-state index contributed by atoms with van der Waals surface area (Å²) in [4.78, 5) is 23.5. The minimum Gasteiger partial charge on any atom is -0.494 e. The van der Waals surface area contributed by atoms with Gasteiger partial charge in [0.25, 0.3) is 0 Å². The Bertz CT molecular complexity index is 613. The van der Waals surface area contributed by atoms with E-state index in [-0.39, 0.29) is 12.5 Å². The molecule has 1 aromatic carbocycles. The molecule has 0 atom stereocenters. The Morgan fingerprint density at radius 1 is 1.36 bits per heavy atom. The van der Waals surface area contributed by atoms with Crippen LogP contribution in [-0.2, 0) is 14.3 Å². The molecule has 1 heterocycles. The first-order valence-corrected chi connectivity index (χ1v) is 8.77. The fraction of sp³-hybridized carbons (Fsp3) is 0.556. The zero-order valence-electron chi connectivity index (χ0n) is 14.3. The van der Waals surface area contributed by atoms with Gasteiger partial charge in [0.1, 0.15) is 5.75 Å². The quantitative estimate of drug-likeness (QED) is 0.688. The van der Waals surface area contributed by atoms with Crippen LogP contribution in [0.2, 0.25) is 5.02 Å². The minimum atomic E-state index is -0.911. The molecule has 0 aliphatic carbocycles. The van der Waals surface area contributed by atoms with E-state index in [2.05, 4.69) is 5.32 Å². The number of carboxylic acids is 1. The minimum absolute atomic E-state index is 0.141. The summed E-state index contributed by atoms with van der Waals surface area (Å²) in [5, 5.41) is 12.9. The first-order chi connectivity index (χ1) is 11.9. The predicted octanol–water partition coefficient (Wildman–Crippen LogP) is 2.81. The van der Waals surface area contributed by atoms with Gasteiger partial charge in [0.05, 0.1) is 12.0 Å². The zero-order chi connectivity index (χ0) is 18.3. The van der Waals surface area contributed by atoms with Crippen LogP contribution < -0.4 is 10.1 Å². The standard InChI is InChI=1S/C18H24ClNO5/c1-13-11-14(4-5-15(13)19)25-8-2-3-16(21)20-12-18(17(22)23)6-9-24-10-7-18/h4-5,11H,2-3,6-10,12H2,1H3,(H,20,21)(H,22,23). The predicted molar refractivity (Wildman–Crippen MR) is 94.0 cm³/mol. The molecule has 1 saturated heterocycles. The van der Waals surface area contributed by atoms with E-state index in [0.717, 1.165) is 5.56 Å². The molecule has 1 aliphatic rings. The Kier molecular flexibility index (Phi) is 7.08. The Hall–Kier alpha value is -1.79. The highest BCUT2D eigenvalue weighted by Gasteiger charge is 2.40. The summed E-state index contributed by atoms with van der Waals surface area (Å²) >= 11 is 5.96. The van der Waals surface area contributed by atoms with Crippen LogP contribution in [0.25, 0.3) is 0 Å². The van der Waals surface area contributed by atoms with Crippen LogP contribution >= 0.6 is 11.6 Å². The normalized spacial score (nSPS) is 16.2. The van der Waals surface area contributed by atoms with Crippen LogP contribution in [0.1, 0.15) is 31.2 Å². The number of rotatable bonds is 8. The summed E-state index contributed by atoms with van der Waals surface area (Å²) in [6.45, 7) is 3.28. The number of ether oxygens (including phenoxy) is 2. The van der Waals surface area contributed by atoms with Gasteiger partial charge in [-0.1, -0.05) is 11.6 Å². The van der Waals surface area contributed by atoms with E-state index in [1.165, 1.54) is 0 Å². The molecule has 1 amide bonds. The summed E-state index contributed by atoms with van der Waals surface area (Å²) in [6.07, 6.45) is 1.68. The Balaban J connectivity index is 1.69. The maximum absolute atomic E-state index is 12.0. The van der Waals surface area contributed by atoms with Crippen LogP contribution in [-0.4, -0.2) is 43.3 Å². The van der Waals surface area contributed by atoms with E-state index in [9.17, 15) is 14.7 Å². The summed E-state index contributed by atoms with van der Waals surface area (Å²) < 4.78 is 10.8. The third-order valence-corrected chi connectivity index (χ3v) is 4.90. The van der Waals surface area contributed by atoms with Crippen molar-refractivity contribution in [2.75, 3.05) is 26.4 Å². The lowest BCUT2D eigenvalue weighted by Crippen LogP contribution is -2.46. The second-order valence-corrected chi connectivity index (χ2v) is 6.74. The number of carbonyl (C=O) groups is 2. The molecule has 0 unspecified atom stereocenters. The van der Waals surface area contributed by atoms with E-state index >= 15 is 0 Å². The molecule has 2 N–H and O–H groups in total. The molecular weight excluding hydrogens is 346 g/mol. The van der Waals surface area contributed by atoms with E-state index in [1.54, 1.807) is 12.1 Å². The average Bonchev–Trinajstić information content (AvgIpc) is 2.60. The van der Waals surface area contributed by atoms with Gasteiger partial charge in [-0.15, -0.1) is 0 Å². The zero-order valence-corrected chi connectivity index (χ0v) is 15.1. The summed E-state index contributed by atoms with van der Waals surface area (Å²) in [5.41, 5.74) is 0.0259. The van der Waals surface area contributed by atoms with Gasteiger partial charge in [-0.25, -0.2) is 0 Å². The van der Waals surface area contributed by atoms with Crippen molar-refractivity contribution in [2.45, 2.75) is 32.6 Å². The third-order valence-electron chi connectivity index (χ3n) is 4.47. The smallest absolute Gasteiger partial charge is 0.311 e. The number of halogens is 1. The first-order valence-electron chi connectivity index (χ1n) is 8.40. The number of carboxylic acid groups (broad SMARTS) is 1. The molecule has 25 heavy (non-hydrogen) atoms. The Morgan fingerprint density at radius 2 is 2.08 bits per heavy atom. The van der Waals surface area contributed by atoms with Gasteiger partial charge >= 0.3 is 5.97 Å². The maximum Gasteiger partial charge on any atom is 0.311 e. The number of hydrogen-bond acceptors (Lipinski definition) is 4. The lowest BCUT2D eigenvalue weighted by Gasteiger charge is -2.33. The fourth-order valence-electron chi connectivity index (χ4n) is 2.71. The van der Waals surface area contributed by atoms with Crippen LogP contribution in [0.4, 0.5) is 0 Å². The third kappa shape index (κ3) is 5.61. The molecule has 7 heteroatoms. The number of hydrogen-bond donors (Lipinski definition) is 2. The molecule has 2 rings (SSSR count). The topological polar surface area (TPSA) is 84.9 Å². The van der Waals surface area contributed by atoms with Crippen molar-refractivity contribution in [2.24, 2.45) is 5.41 Å². The van der Waals surface area contributed by atoms with Gasteiger partial charge in [-0.05, 0) is 49.9 Å². The largest absolute Gasteiger partial charge is 0.494 e. The van der Waals surface area contributed by atoms with E-state index in [4.69, 9.17) is 21.1 Å². The number of amides is 1. The lowest BCUT2D eigenvalue weighted by atomic mass is 9.80. The van der Waals surface area contributed by atoms with Crippen molar-refractivity contribution in [3.63, 3.8) is 0 Å². The second-order valence-electron chi connectivity index (χ2n) is 6.34. The van der Waals surface area contributed by atoms with Crippen molar-refractivity contribution < 1.29 is 24.2 Å². The number of benzene rings is 1. The van der Waals surface area contributed by atoms with Crippen LogP contribution in [0, 0.1) is 12.3 Å². The van der Waals surface area contributed by atoms with Crippen molar-refractivity contribution in [3.05, 3.63) is 28.8 Å². The van der Waals surface area contributed by atoms with Crippen molar-refractivity contribution in [1.29, 1.82) is 0 Å². The molecule has 6 nitrogen and oxygen atoms in total. The summed E-state index contributed by atoms with van der Waals surface area (Å²) in [5.74, 6) is -0.324. The highest BCUT2D eigenvalue weighted by Crippen LogP contribution is 2.30. The fourth-order valence-corrected chi connectivity index (χ4v) is 2.83. The molecule has 1 aliphatic heterocycles. The first kappa shape index (κ1) is 19.5. The molecule has 1 aromatic rings. The molecule has 0 bridgehead atoms. The van der Waals surface area contributed by atoms with Crippen molar-refractivity contribution in [3.8, 4) is 5.75 Å². The van der Waals surface area contributed by atoms with E-state index in [1.807, 2.05) is 13.0 Å². The monoisotopic (exact) mass is 369 g/mol. The van der Waals surface area contributed by atoms with E-state index < -0.39 is 11.4 Å². The highest BCUT2D eigenvalue weighted by atomic mass is 35.5. The maximum atomic E-state index is 12.0. The summed E-state index contributed by atoms with van der Waals surface area (Å²) in [7, 11) is 0. The van der Waals surface area contributed by atoms with Gasteiger partial charge in [0, 0.05) is 31.2 Å². The molecule has 0 spiro atoms. The molecule has 0 radical (unpaired) electrons. The lowest BCUT2D eigenvalue weighted by molar-refractivity contribution is -0.154. The van der Waals surface area contributed by atoms with Gasteiger partial charge in [0.15, 0.2) is 0 Å². The number of carbonyl (C=O) groups excluding carboxylic acids is 1. The second kappa shape index (κ2) is 9.06. The number of aliphatic carboxylic acids is 1. The van der Waals surface area contributed by atoms with Gasteiger partial charge in [-0.2, -0.15) is 0 Å². The molecule has 1 fully saturated rings. The SMILES string of the molecule is Cc1cc(OCCCC(=O)NCC2(C(=O)O)CCOCC2)ccc1Cl. The van der Waals surface area contributed by atoms with Crippen molar-refractivity contribution >= 4 is 23.5 Å². The Morgan fingerprint density at radius 3 is 2.72 bits per heavy atom. The van der Waals surface area contributed by atoms with Crippen LogP contribution in [0.3, 0.4) is 0 Å². The van der Waals surface area contributed by atoms with Crippen molar-refractivity contribution in [1.82, 2.24) is 5.32 Å². The van der Waals surface area contributed by atoms with Gasteiger partial charge in [-0.3, -0.25) is 9.59 Å². The molecule has 0 aromatic heterocycles. The number of aryl methyl sites for hydroxylation is 1.